The summed E-state index contributed by atoms with van der Waals surface area (Å²) in [5.41, 5.74) is 5.14. The van der Waals surface area contributed by atoms with Gasteiger partial charge in [-0.05, 0) is 87.4 Å². The minimum atomic E-state index is -0.580. The summed E-state index contributed by atoms with van der Waals surface area (Å²) in [5.74, 6) is 2.49. The van der Waals surface area contributed by atoms with Crippen molar-refractivity contribution in [2.24, 2.45) is 18.9 Å². The van der Waals surface area contributed by atoms with Gasteiger partial charge in [-0.3, -0.25) is 19.6 Å². The number of para-hydroxylation sites is 1. The number of nitrogens with one attached hydrogen (secondary N) is 3. The number of hydrogen-bond donors (Lipinski definition) is 3. The van der Waals surface area contributed by atoms with Gasteiger partial charge < -0.3 is 29.9 Å². The van der Waals surface area contributed by atoms with Crippen LogP contribution in [0.15, 0.2) is 67.1 Å². The Kier molecular flexibility index (Phi) is 10.5. The summed E-state index contributed by atoms with van der Waals surface area (Å²) in [6, 6.07) is 14.6. The highest BCUT2D eigenvalue weighted by Gasteiger charge is 2.30. The number of likely N-dealkylation sites (tertiary alicyclic amines) is 2. The molecule has 5 aromatic rings. The lowest BCUT2D eigenvalue weighted by Gasteiger charge is -2.39. The maximum absolute atomic E-state index is 11.8. The van der Waals surface area contributed by atoms with Crippen LogP contribution in [-0.2, 0) is 16.6 Å². The monoisotopic (exact) mass is 775 g/mol. The Morgan fingerprint density at radius 3 is 2.52 bits per heavy atom. The fourth-order valence-electron chi connectivity index (χ4n) is 9.20. The molecule has 0 aliphatic carbocycles. The molecule has 3 N–H and O–H groups in total. The molecule has 7 heterocycles. The van der Waals surface area contributed by atoms with E-state index in [1.807, 2.05) is 41.2 Å². The van der Waals surface area contributed by atoms with Gasteiger partial charge in [0.15, 0.2) is 12.1 Å². The number of Topliss-reactive ketones (excluding diaryl/α,β-unsaturated/α-hetero) is 1. The standard InChI is InChI=1S/C42H50ClN11O2/c1-50-38-20-31(6-7-33(38)41(49-50)54-19-13-37(46-27-54)39(56)26-55)53-17-10-29(11-18-53)23-51-14-8-28(9-15-51)24-52-16-12-30(25-52)47-42-45-22-35(43)40(48-42)34-21-44-36-5-3-2-4-32(34)36/h2-7,13,19-22,26,28-30,37,44,46H,8-12,14-18,23-25,27H2,1H3,(H,45,47,48). The SMILES string of the molecule is Cn1nc(N2C=CC(C(=O)C=O)NC2)c2ccc(N3CCC(CN4CCC(CN5CCC(Nc6ncc(Cl)c(-c7c[nH]c8ccccc78)n6)C5)CC4)CC3)cc21. The quantitative estimate of drug-likeness (QED) is 0.120. The van der Waals surface area contributed by atoms with Gasteiger partial charge in [-0.1, -0.05) is 29.8 Å². The molecule has 13 nitrogen and oxygen atoms in total. The molecule has 0 radical (unpaired) electrons. The zero-order valence-electron chi connectivity index (χ0n) is 31.9. The molecule has 4 aliphatic heterocycles. The van der Waals surface area contributed by atoms with Crippen molar-refractivity contribution in [2.75, 3.05) is 74.1 Å². The first-order valence-corrected chi connectivity index (χ1v) is 20.5. The molecule has 3 saturated heterocycles. The molecule has 0 bridgehead atoms. The van der Waals surface area contributed by atoms with Gasteiger partial charge in [0.2, 0.25) is 11.7 Å². The fraction of sp³-hybridized carbons (Fsp3) is 0.452. The predicted molar refractivity (Wildman–Crippen MR) is 222 cm³/mol. The average molecular weight is 776 g/mol. The average Bonchev–Trinajstić information content (AvgIpc) is 3.96. The van der Waals surface area contributed by atoms with Crippen LogP contribution in [0.25, 0.3) is 33.1 Å². The molecule has 3 fully saturated rings. The number of benzene rings is 2. The maximum atomic E-state index is 11.8. The lowest BCUT2D eigenvalue weighted by molar-refractivity contribution is -0.130. The number of carbonyl (C=O) groups is 2. The summed E-state index contributed by atoms with van der Waals surface area (Å²) in [4.78, 5) is 45.2. The molecule has 0 spiro atoms. The highest BCUT2D eigenvalue weighted by Crippen LogP contribution is 2.34. The van der Waals surface area contributed by atoms with Gasteiger partial charge in [-0.2, -0.15) is 5.10 Å². The summed E-state index contributed by atoms with van der Waals surface area (Å²) in [6.45, 7) is 9.44. The van der Waals surface area contributed by atoms with E-state index in [2.05, 4.69) is 65.6 Å². The van der Waals surface area contributed by atoms with Crippen molar-refractivity contribution in [3.63, 3.8) is 0 Å². The highest BCUT2D eigenvalue weighted by molar-refractivity contribution is 6.33. The third kappa shape index (κ3) is 7.65. The number of anilines is 3. The number of aldehydes is 1. The van der Waals surface area contributed by atoms with E-state index in [9.17, 15) is 9.59 Å². The van der Waals surface area contributed by atoms with Crippen molar-refractivity contribution in [3.05, 3.63) is 72.2 Å². The highest BCUT2D eigenvalue weighted by atomic mass is 35.5. The van der Waals surface area contributed by atoms with Crippen molar-refractivity contribution in [2.45, 2.75) is 44.2 Å². The van der Waals surface area contributed by atoms with E-state index >= 15 is 0 Å². The molecular formula is C42H50ClN11O2. The number of carbonyl (C=O) groups excluding carboxylic acids is 2. The first-order valence-electron chi connectivity index (χ1n) is 20.1. The molecule has 292 valence electrons. The van der Waals surface area contributed by atoms with Gasteiger partial charge in [0.05, 0.1) is 35.1 Å². The van der Waals surface area contributed by atoms with E-state index < -0.39 is 11.8 Å². The van der Waals surface area contributed by atoms with Crippen molar-refractivity contribution < 1.29 is 9.59 Å². The van der Waals surface area contributed by atoms with Gasteiger partial charge in [0, 0.05) is 92.3 Å². The van der Waals surface area contributed by atoms with Gasteiger partial charge in [-0.15, -0.1) is 0 Å². The fourth-order valence-corrected chi connectivity index (χ4v) is 9.40. The molecule has 56 heavy (non-hydrogen) atoms. The Labute approximate surface area is 332 Å². The molecule has 2 aromatic carbocycles. The number of aromatic nitrogens is 5. The number of halogens is 1. The van der Waals surface area contributed by atoms with E-state index in [0.717, 1.165) is 83.3 Å². The summed E-state index contributed by atoms with van der Waals surface area (Å²) >= 11 is 6.58. The normalized spacial score (nSPS) is 21.8. The zero-order chi connectivity index (χ0) is 38.2. The number of aryl methyl sites for hydroxylation is 1. The van der Waals surface area contributed by atoms with Gasteiger partial charge in [-0.25, -0.2) is 9.97 Å². The summed E-state index contributed by atoms with van der Waals surface area (Å²) in [6.07, 6.45) is 13.7. The van der Waals surface area contributed by atoms with Crippen LogP contribution in [0.4, 0.5) is 17.5 Å². The lowest BCUT2D eigenvalue weighted by Crippen LogP contribution is -2.45. The van der Waals surface area contributed by atoms with Crippen LogP contribution in [0.1, 0.15) is 32.1 Å². The molecule has 2 atom stereocenters. The first kappa shape index (κ1) is 36.8. The molecule has 4 aliphatic rings. The first-order chi connectivity index (χ1) is 27.4. The van der Waals surface area contributed by atoms with Crippen LogP contribution < -0.4 is 20.4 Å². The number of aromatic amines is 1. The minimum Gasteiger partial charge on any atom is -0.371 e. The Bertz CT molecular complexity index is 2240. The largest absolute Gasteiger partial charge is 0.371 e. The van der Waals surface area contributed by atoms with Gasteiger partial charge in [0.25, 0.3) is 0 Å². The van der Waals surface area contributed by atoms with E-state index in [4.69, 9.17) is 21.7 Å². The number of ketones is 1. The number of H-pyrrole nitrogens is 1. The number of piperidine rings is 2. The van der Waals surface area contributed by atoms with E-state index in [1.165, 1.54) is 57.5 Å². The Hall–Kier alpha value is -4.82. The Morgan fingerprint density at radius 2 is 1.73 bits per heavy atom. The molecule has 14 heteroatoms. The molecule has 0 saturated carbocycles. The second kappa shape index (κ2) is 16.0. The smallest absolute Gasteiger partial charge is 0.223 e. The molecule has 9 rings (SSSR count). The molecular weight excluding hydrogens is 726 g/mol. The second-order valence-electron chi connectivity index (χ2n) is 16.0. The van der Waals surface area contributed by atoms with Crippen molar-refractivity contribution in [1.82, 2.24) is 39.8 Å². The molecule has 0 amide bonds. The molecule has 3 aromatic heterocycles. The third-order valence-electron chi connectivity index (χ3n) is 12.4. The van der Waals surface area contributed by atoms with Gasteiger partial charge >= 0.3 is 0 Å². The predicted octanol–water partition coefficient (Wildman–Crippen LogP) is 5.30. The van der Waals surface area contributed by atoms with Crippen LogP contribution in [0.5, 0.6) is 0 Å². The van der Waals surface area contributed by atoms with Crippen LogP contribution in [0, 0.1) is 11.8 Å². The number of nitrogens with zero attached hydrogens (tertiary/aromatic N) is 8. The van der Waals surface area contributed by atoms with E-state index in [-0.39, 0.29) is 0 Å². The Morgan fingerprint density at radius 1 is 0.964 bits per heavy atom. The summed E-state index contributed by atoms with van der Waals surface area (Å²) < 4.78 is 1.93. The van der Waals surface area contributed by atoms with Crippen molar-refractivity contribution >= 4 is 62.9 Å². The second-order valence-corrected chi connectivity index (χ2v) is 16.4. The number of hydrogen-bond acceptors (Lipinski definition) is 11. The third-order valence-corrected chi connectivity index (χ3v) is 12.6. The summed E-state index contributed by atoms with van der Waals surface area (Å²) in [7, 11) is 1.98. The van der Waals surface area contributed by atoms with Crippen LogP contribution in [-0.4, -0.2) is 118 Å². The number of rotatable bonds is 11. The van der Waals surface area contributed by atoms with E-state index in [1.54, 1.807) is 12.3 Å². The minimum absolute atomic E-state index is 0.328. The van der Waals surface area contributed by atoms with Crippen LogP contribution in [0.3, 0.4) is 0 Å². The zero-order valence-corrected chi connectivity index (χ0v) is 32.7. The van der Waals surface area contributed by atoms with Gasteiger partial charge in [0.1, 0.15) is 0 Å². The number of fused-ring (bicyclic) bond motifs is 2. The summed E-state index contributed by atoms with van der Waals surface area (Å²) in [5, 5.41) is 14.2. The Balaban J connectivity index is 0.717. The van der Waals surface area contributed by atoms with E-state index in [0.29, 0.717) is 30.0 Å². The van der Waals surface area contributed by atoms with Crippen LogP contribution in [0.2, 0.25) is 5.02 Å². The van der Waals surface area contributed by atoms with Crippen molar-refractivity contribution in [3.8, 4) is 11.3 Å². The molecule has 2 unspecified atom stereocenters. The maximum Gasteiger partial charge on any atom is 0.223 e. The lowest BCUT2D eigenvalue weighted by atomic mass is 9.92. The topological polar surface area (TPSA) is 131 Å². The van der Waals surface area contributed by atoms with Crippen molar-refractivity contribution in [1.29, 1.82) is 0 Å². The van der Waals surface area contributed by atoms with Crippen LogP contribution >= 0.6 is 11.6 Å².